The highest BCUT2D eigenvalue weighted by Gasteiger charge is 2.29. The highest BCUT2D eigenvalue weighted by atomic mass is 16.5. The number of ether oxygens (including phenoxy) is 1. The van der Waals surface area contributed by atoms with Gasteiger partial charge in [0.05, 0.1) is 24.0 Å². The molecule has 1 aromatic heterocycles. The maximum atomic E-state index is 5.62. The van der Waals surface area contributed by atoms with Crippen LogP contribution in [0, 0.1) is 0 Å². The van der Waals surface area contributed by atoms with E-state index < -0.39 is 0 Å². The third kappa shape index (κ3) is 3.04. The second-order valence-corrected chi connectivity index (χ2v) is 5.57. The molecule has 5 heteroatoms. The van der Waals surface area contributed by atoms with Crippen molar-refractivity contribution < 1.29 is 4.74 Å². The van der Waals surface area contributed by atoms with E-state index >= 15 is 0 Å². The first-order chi connectivity index (χ1) is 9.24. The van der Waals surface area contributed by atoms with Crippen LogP contribution in [-0.2, 0) is 11.3 Å². The van der Waals surface area contributed by atoms with Crippen LogP contribution in [0.5, 0.6) is 0 Å². The van der Waals surface area contributed by atoms with Crippen molar-refractivity contribution in [2.45, 2.75) is 50.9 Å². The van der Waals surface area contributed by atoms with Gasteiger partial charge in [-0.05, 0) is 26.2 Å². The molecule has 3 rings (SSSR count). The monoisotopic (exact) mass is 262 g/mol. The zero-order valence-electron chi connectivity index (χ0n) is 11.7. The molecule has 1 saturated carbocycles. The van der Waals surface area contributed by atoms with Gasteiger partial charge in [-0.1, -0.05) is 0 Å². The minimum absolute atomic E-state index is 0.264. The summed E-state index contributed by atoms with van der Waals surface area (Å²) in [4.78, 5) is 11.2. The van der Waals surface area contributed by atoms with E-state index in [1.54, 1.807) is 0 Å². The second-order valence-electron chi connectivity index (χ2n) is 5.57. The fourth-order valence-electron chi connectivity index (χ4n) is 2.59. The lowest BCUT2D eigenvalue weighted by molar-refractivity contribution is 0.118. The number of nitrogens with one attached hydrogen (secondary N) is 1. The smallest absolute Gasteiger partial charge is 0.147 e. The topological polar surface area (TPSA) is 50.3 Å². The fourth-order valence-corrected chi connectivity index (χ4v) is 2.59. The van der Waals surface area contributed by atoms with Gasteiger partial charge in [-0.15, -0.1) is 0 Å². The average molecular weight is 262 g/mol. The lowest BCUT2D eigenvalue weighted by Gasteiger charge is -2.27. The maximum absolute atomic E-state index is 5.62. The van der Waals surface area contributed by atoms with E-state index in [9.17, 15) is 0 Å². The Hall–Kier alpha value is -1.20. The Bertz CT molecular complexity index is 435. The van der Waals surface area contributed by atoms with Crippen LogP contribution in [0.4, 0.5) is 5.82 Å². The molecule has 2 fully saturated rings. The van der Waals surface area contributed by atoms with E-state index in [0.717, 1.165) is 31.1 Å². The highest BCUT2D eigenvalue weighted by molar-refractivity contribution is 5.37. The van der Waals surface area contributed by atoms with Gasteiger partial charge >= 0.3 is 0 Å². The van der Waals surface area contributed by atoms with Crippen molar-refractivity contribution in [1.82, 2.24) is 15.3 Å². The van der Waals surface area contributed by atoms with Crippen LogP contribution in [0.1, 0.15) is 31.9 Å². The van der Waals surface area contributed by atoms with Crippen molar-refractivity contribution >= 4 is 5.82 Å². The van der Waals surface area contributed by atoms with Crippen LogP contribution in [-0.4, -0.2) is 41.8 Å². The van der Waals surface area contributed by atoms with Crippen molar-refractivity contribution in [3.63, 3.8) is 0 Å². The predicted octanol–water partition coefficient (Wildman–Crippen LogP) is 1.34. The molecule has 0 amide bonds. The number of likely N-dealkylation sites (N-methyl/N-ethyl adjacent to an activating group) is 1. The minimum atomic E-state index is 0.264. The van der Waals surface area contributed by atoms with E-state index in [-0.39, 0.29) is 6.10 Å². The summed E-state index contributed by atoms with van der Waals surface area (Å²) < 4.78 is 5.62. The standard InChI is InChI=1S/C14H22N4O/c1-10-13(5-6-19-10)18(2)14-9-15-7-12(17-14)8-16-11-3-4-11/h7,9-11,13,16H,3-6,8H2,1-2H3. The highest BCUT2D eigenvalue weighted by Crippen LogP contribution is 2.23. The van der Waals surface area contributed by atoms with Gasteiger partial charge in [-0.2, -0.15) is 0 Å². The van der Waals surface area contributed by atoms with E-state index in [4.69, 9.17) is 9.72 Å². The van der Waals surface area contributed by atoms with Crippen LogP contribution in [0.2, 0.25) is 0 Å². The summed E-state index contributed by atoms with van der Waals surface area (Å²) in [5, 5.41) is 3.47. The summed E-state index contributed by atoms with van der Waals surface area (Å²) in [6, 6.07) is 1.10. The normalized spacial score (nSPS) is 26.6. The summed E-state index contributed by atoms with van der Waals surface area (Å²) in [7, 11) is 2.08. The van der Waals surface area contributed by atoms with Crippen LogP contribution in [0.3, 0.4) is 0 Å². The minimum Gasteiger partial charge on any atom is -0.376 e. The molecule has 0 bridgehead atoms. The van der Waals surface area contributed by atoms with Gasteiger partial charge in [0.2, 0.25) is 0 Å². The molecule has 1 saturated heterocycles. The number of anilines is 1. The van der Waals surface area contributed by atoms with Gasteiger partial charge in [0.25, 0.3) is 0 Å². The summed E-state index contributed by atoms with van der Waals surface area (Å²) in [5.41, 5.74) is 1.02. The Labute approximate surface area is 114 Å². The molecule has 2 atom stereocenters. The van der Waals surface area contributed by atoms with Crippen molar-refractivity contribution in [1.29, 1.82) is 0 Å². The first kappa shape index (κ1) is 12.8. The molecule has 0 spiro atoms. The quantitative estimate of drug-likeness (QED) is 0.868. The summed E-state index contributed by atoms with van der Waals surface area (Å²) in [6.07, 6.45) is 7.60. The zero-order valence-corrected chi connectivity index (χ0v) is 11.7. The van der Waals surface area contributed by atoms with Crippen LogP contribution >= 0.6 is 0 Å². The molecule has 5 nitrogen and oxygen atoms in total. The van der Waals surface area contributed by atoms with E-state index in [2.05, 4.69) is 29.2 Å². The molecule has 0 radical (unpaired) electrons. The molecule has 1 N–H and O–H groups in total. The first-order valence-electron chi connectivity index (χ1n) is 7.13. The Kier molecular flexibility index (Phi) is 3.66. The second kappa shape index (κ2) is 5.43. The fraction of sp³-hybridized carbons (Fsp3) is 0.714. The number of aromatic nitrogens is 2. The van der Waals surface area contributed by atoms with Gasteiger partial charge in [0.15, 0.2) is 0 Å². The van der Waals surface area contributed by atoms with E-state index in [1.807, 2.05) is 12.4 Å². The average Bonchev–Trinajstić information content (AvgIpc) is 3.17. The molecule has 2 heterocycles. The molecular formula is C14H22N4O. The van der Waals surface area contributed by atoms with Gasteiger partial charge in [-0.25, -0.2) is 4.98 Å². The maximum Gasteiger partial charge on any atom is 0.147 e. The molecule has 2 aliphatic rings. The van der Waals surface area contributed by atoms with Crippen molar-refractivity contribution in [3.05, 3.63) is 18.1 Å². The van der Waals surface area contributed by atoms with Crippen molar-refractivity contribution in [3.8, 4) is 0 Å². The van der Waals surface area contributed by atoms with E-state index in [1.165, 1.54) is 12.8 Å². The van der Waals surface area contributed by atoms with Crippen molar-refractivity contribution in [2.75, 3.05) is 18.6 Å². The molecule has 1 aromatic rings. The molecule has 1 aliphatic carbocycles. The van der Waals surface area contributed by atoms with Gasteiger partial charge in [-0.3, -0.25) is 4.98 Å². The largest absolute Gasteiger partial charge is 0.376 e. The number of rotatable bonds is 5. The molecule has 1 aliphatic heterocycles. The Morgan fingerprint density at radius 1 is 1.37 bits per heavy atom. The Morgan fingerprint density at radius 3 is 2.89 bits per heavy atom. The zero-order chi connectivity index (χ0) is 13.2. The van der Waals surface area contributed by atoms with Crippen LogP contribution in [0.15, 0.2) is 12.4 Å². The predicted molar refractivity (Wildman–Crippen MR) is 74.1 cm³/mol. The number of nitrogens with zero attached hydrogens (tertiary/aromatic N) is 3. The Morgan fingerprint density at radius 2 is 2.21 bits per heavy atom. The number of hydrogen-bond donors (Lipinski definition) is 1. The lowest BCUT2D eigenvalue weighted by Crippen LogP contribution is -2.37. The molecule has 19 heavy (non-hydrogen) atoms. The third-order valence-corrected chi connectivity index (χ3v) is 4.02. The van der Waals surface area contributed by atoms with Gasteiger partial charge in [0, 0.05) is 32.4 Å². The van der Waals surface area contributed by atoms with Crippen molar-refractivity contribution in [2.24, 2.45) is 0 Å². The van der Waals surface area contributed by atoms with Crippen LogP contribution < -0.4 is 10.2 Å². The summed E-state index contributed by atoms with van der Waals surface area (Å²) in [5.74, 6) is 0.942. The van der Waals surface area contributed by atoms with E-state index in [0.29, 0.717) is 12.1 Å². The molecular weight excluding hydrogens is 240 g/mol. The third-order valence-electron chi connectivity index (χ3n) is 4.02. The molecule has 0 aromatic carbocycles. The van der Waals surface area contributed by atoms with Crippen LogP contribution in [0.25, 0.3) is 0 Å². The molecule has 2 unspecified atom stereocenters. The summed E-state index contributed by atoms with van der Waals surface area (Å²) >= 11 is 0. The van der Waals surface area contributed by atoms with Gasteiger partial charge < -0.3 is 15.0 Å². The Balaban J connectivity index is 1.66. The first-order valence-corrected chi connectivity index (χ1v) is 7.13. The molecule has 104 valence electrons. The number of hydrogen-bond acceptors (Lipinski definition) is 5. The SMILES string of the molecule is CC1OCCC1N(C)c1cncc(CNC2CC2)n1. The summed E-state index contributed by atoms with van der Waals surface area (Å²) in [6.45, 7) is 3.78. The lowest BCUT2D eigenvalue weighted by atomic mass is 10.1. The van der Waals surface area contributed by atoms with Gasteiger partial charge in [0.1, 0.15) is 5.82 Å².